The van der Waals surface area contributed by atoms with Crippen LogP contribution >= 0.6 is 23.1 Å². The predicted octanol–water partition coefficient (Wildman–Crippen LogP) is 5.77. The third-order valence-corrected chi connectivity index (χ3v) is 6.60. The maximum absolute atomic E-state index is 5.58. The average Bonchev–Trinajstić information content (AvgIpc) is 3.42. The molecule has 1 aromatic carbocycles. The van der Waals surface area contributed by atoms with E-state index in [1.807, 2.05) is 24.3 Å². The van der Waals surface area contributed by atoms with Crippen molar-refractivity contribution in [2.45, 2.75) is 44.1 Å². The molecule has 0 unspecified atom stereocenters. The van der Waals surface area contributed by atoms with Gasteiger partial charge in [0.2, 0.25) is 0 Å². The smallest absolute Gasteiger partial charge is 0.192 e. The molecule has 0 spiro atoms. The summed E-state index contributed by atoms with van der Waals surface area (Å²) < 4.78 is 7.71. The van der Waals surface area contributed by atoms with Gasteiger partial charge < -0.3 is 4.42 Å². The van der Waals surface area contributed by atoms with Crippen molar-refractivity contribution in [2.75, 3.05) is 0 Å². The number of hydrogen-bond donors (Lipinski definition) is 0. The van der Waals surface area contributed by atoms with E-state index in [-0.39, 0.29) is 0 Å². The molecule has 3 heterocycles. The molecule has 7 heteroatoms. The summed E-state index contributed by atoms with van der Waals surface area (Å²) in [7, 11) is 0. The van der Waals surface area contributed by atoms with Crippen LogP contribution in [0.5, 0.6) is 0 Å². The molecule has 0 aliphatic rings. The van der Waals surface area contributed by atoms with Crippen molar-refractivity contribution in [3.8, 4) is 11.4 Å². The van der Waals surface area contributed by atoms with Crippen LogP contribution in [0.1, 0.15) is 41.8 Å². The Kier molecular flexibility index (Phi) is 5.64. The number of thiazole rings is 1. The van der Waals surface area contributed by atoms with Crippen molar-refractivity contribution in [1.29, 1.82) is 0 Å². The predicted molar refractivity (Wildman–Crippen MR) is 114 cm³/mol. The minimum Gasteiger partial charge on any atom is -0.467 e. The van der Waals surface area contributed by atoms with Crippen molar-refractivity contribution in [3.05, 3.63) is 70.1 Å². The highest BCUT2D eigenvalue weighted by Gasteiger charge is 2.17. The van der Waals surface area contributed by atoms with Gasteiger partial charge in [0.1, 0.15) is 5.76 Å². The number of aromatic nitrogens is 4. The van der Waals surface area contributed by atoms with Crippen molar-refractivity contribution in [3.63, 3.8) is 0 Å². The van der Waals surface area contributed by atoms with Gasteiger partial charge in [0.15, 0.2) is 11.0 Å². The van der Waals surface area contributed by atoms with Gasteiger partial charge in [-0.2, -0.15) is 0 Å². The van der Waals surface area contributed by atoms with Crippen LogP contribution in [0.4, 0.5) is 0 Å². The van der Waals surface area contributed by atoms with E-state index >= 15 is 0 Å². The van der Waals surface area contributed by atoms with E-state index in [1.165, 1.54) is 10.6 Å². The van der Waals surface area contributed by atoms with Gasteiger partial charge in [-0.1, -0.05) is 49.9 Å². The van der Waals surface area contributed by atoms with Crippen LogP contribution in [0, 0.1) is 6.92 Å². The number of aryl methyl sites for hydroxylation is 1. The monoisotopic (exact) mass is 410 g/mol. The lowest BCUT2D eigenvalue weighted by Gasteiger charge is -2.10. The lowest BCUT2D eigenvalue weighted by Crippen LogP contribution is -2.04. The maximum Gasteiger partial charge on any atom is 0.192 e. The van der Waals surface area contributed by atoms with Crippen LogP contribution in [0.15, 0.2) is 57.6 Å². The first-order valence-corrected chi connectivity index (χ1v) is 11.1. The van der Waals surface area contributed by atoms with Gasteiger partial charge in [0.25, 0.3) is 0 Å². The molecule has 0 N–H and O–H groups in total. The van der Waals surface area contributed by atoms with Gasteiger partial charge in [-0.15, -0.1) is 21.5 Å². The number of benzene rings is 1. The third-order valence-electron chi connectivity index (χ3n) is 4.41. The highest BCUT2D eigenvalue weighted by molar-refractivity contribution is 7.98. The summed E-state index contributed by atoms with van der Waals surface area (Å²) in [5.74, 6) is 2.97. The Hall–Kier alpha value is -2.38. The number of furan rings is 1. The Balaban J connectivity index is 1.63. The van der Waals surface area contributed by atoms with E-state index in [2.05, 4.69) is 53.0 Å². The number of rotatable bonds is 7. The second-order valence-electron chi connectivity index (χ2n) is 6.91. The van der Waals surface area contributed by atoms with E-state index in [9.17, 15) is 0 Å². The molecule has 28 heavy (non-hydrogen) atoms. The zero-order chi connectivity index (χ0) is 19.5. The van der Waals surface area contributed by atoms with Crippen molar-refractivity contribution in [1.82, 2.24) is 19.7 Å². The molecule has 4 rings (SSSR count). The fourth-order valence-corrected chi connectivity index (χ4v) is 4.68. The first kappa shape index (κ1) is 19.0. The van der Waals surface area contributed by atoms with E-state index in [1.54, 1.807) is 29.4 Å². The summed E-state index contributed by atoms with van der Waals surface area (Å²) in [4.78, 5) is 4.73. The minimum absolute atomic E-state index is 0.457. The van der Waals surface area contributed by atoms with Gasteiger partial charge >= 0.3 is 0 Å². The first-order chi connectivity index (χ1) is 13.6. The first-order valence-electron chi connectivity index (χ1n) is 9.20. The Morgan fingerprint density at radius 2 is 2.00 bits per heavy atom. The van der Waals surface area contributed by atoms with Crippen LogP contribution in [0.3, 0.4) is 0 Å². The summed E-state index contributed by atoms with van der Waals surface area (Å²) >= 11 is 3.38. The maximum atomic E-state index is 5.58. The lowest BCUT2D eigenvalue weighted by atomic mass is 10.1. The summed E-state index contributed by atoms with van der Waals surface area (Å²) in [5.41, 5.74) is 3.35. The summed E-state index contributed by atoms with van der Waals surface area (Å²) in [6.45, 7) is 7.03. The fourth-order valence-electron chi connectivity index (χ4n) is 2.91. The molecule has 0 aliphatic carbocycles. The normalized spacial score (nSPS) is 11.4. The number of hydrogen-bond acceptors (Lipinski definition) is 6. The average molecular weight is 411 g/mol. The molecule has 0 aliphatic heterocycles. The Bertz CT molecular complexity index is 1050. The Morgan fingerprint density at radius 3 is 2.71 bits per heavy atom. The Morgan fingerprint density at radius 1 is 1.14 bits per heavy atom. The molecule has 0 bridgehead atoms. The molecular weight excluding hydrogens is 388 g/mol. The van der Waals surface area contributed by atoms with E-state index in [4.69, 9.17) is 9.40 Å². The Labute approximate surface area is 172 Å². The largest absolute Gasteiger partial charge is 0.467 e. The molecule has 0 atom stereocenters. The number of thioether (sulfide) groups is 1. The minimum atomic E-state index is 0.457. The van der Waals surface area contributed by atoms with Crippen LogP contribution in [0.2, 0.25) is 0 Å². The third kappa shape index (κ3) is 4.05. The SMILES string of the molecule is Cc1ccccc1-c1nnc(SCc2csc(C(C)C)n2)n1Cc1ccco1. The standard InChI is InChI=1S/C21H22N4OS2/c1-14(2)20-22-16(12-27-20)13-28-21-24-23-19(18-9-5-4-7-15(18)3)25(21)11-17-8-6-10-26-17/h4-10,12,14H,11,13H2,1-3H3. The molecular formula is C21H22N4OS2. The second-order valence-corrected chi connectivity index (χ2v) is 8.74. The molecule has 144 valence electrons. The van der Waals surface area contributed by atoms with Crippen LogP contribution in [0.25, 0.3) is 11.4 Å². The molecule has 0 radical (unpaired) electrons. The van der Waals surface area contributed by atoms with Gasteiger partial charge in [-0.25, -0.2) is 4.98 Å². The molecule has 4 aromatic rings. The molecule has 0 fully saturated rings. The molecule has 0 amide bonds. The molecule has 3 aromatic heterocycles. The lowest BCUT2D eigenvalue weighted by molar-refractivity contribution is 0.485. The van der Waals surface area contributed by atoms with E-state index in [0.29, 0.717) is 12.5 Å². The highest BCUT2D eigenvalue weighted by Crippen LogP contribution is 2.30. The summed E-state index contributed by atoms with van der Waals surface area (Å²) in [6, 6.07) is 12.1. The van der Waals surface area contributed by atoms with Crippen molar-refractivity contribution < 1.29 is 4.42 Å². The zero-order valence-electron chi connectivity index (χ0n) is 16.1. The van der Waals surface area contributed by atoms with Gasteiger partial charge in [0.05, 0.1) is 23.5 Å². The van der Waals surface area contributed by atoms with Gasteiger partial charge in [-0.3, -0.25) is 4.57 Å². The van der Waals surface area contributed by atoms with Crippen LogP contribution in [-0.2, 0) is 12.3 Å². The quantitative estimate of drug-likeness (QED) is 0.362. The topological polar surface area (TPSA) is 56.7 Å². The molecule has 0 saturated heterocycles. The molecule has 5 nitrogen and oxygen atoms in total. The van der Waals surface area contributed by atoms with Crippen molar-refractivity contribution >= 4 is 23.1 Å². The van der Waals surface area contributed by atoms with Gasteiger partial charge in [0, 0.05) is 22.6 Å². The summed E-state index contributed by atoms with van der Waals surface area (Å²) in [5, 5.41) is 13.2. The van der Waals surface area contributed by atoms with Crippen molar-refractivity contribution in [2.24, 2.45) is 0 Å². The fraction of sp³-hybridized carbons (Fsp3) is 0.286. The van der Waals surface area contributed by atoms with Gasteiger partial charge in [-0.05, 0) is 24.6 Å². The highest BCUT2D eigenvalue weighted by atomic mass is 32.2. The zero-order valence-corrected chi connectivity index (χ0v) is 17.8. The van der Waals surface area contributed by atoms with E-state index in [0.717, 1.165) is 33.8 Å². The summed E-state index contributed by atoms with van der Waals surface area (Å²) in [6.07, 6.45) is 1.70. The van der Waals surface area contributed by atoms with E-state index < -0.39 is 0 Å². The molecule has 0 saturated carbocycles. The van der Waals surface area contributed by atoms with Crippen LogP contribution in [-0.4, -0.2) is 19.7 Å². The second kappa shape index (κ2) is 8.32. The van der Waals surface area contributed by atoms with Crippen LogP contribution < -0.4 is 0 Å². The number of nitrogens with zero attached hydrogens (tertiary/aromatic N) is 4.